The van der Waals surface area contributed by atoms with Gasteiger partial charge in [-0.15, -0.1) is 0 Å². The maximum atomic E-state index is 13.8. The van der Waals surface area contributed by atoms with Gasteiger partial charge in [-0.25, -0.2) is 14.4 Å². The topological polar surface area (TPSA) is 58.9 Å². The summed E-state index contributed by atoms with van der Waals surface area (Å²) in [6.07, 6.45) is 9.34. The lowest BCUT2D eigenvalue weighted by molar-refractivity contribution is 0.199. The molecule has 1 unspecified atom stereocenters. The van der Waals surface area contributed by atoms with Crippen LogP contribution in [0.1, 0.15) is 30.0 Å². The van der Waals surface area contributed by atoms with Gasteiger partial charge in [-0.05, 0) is 55.3 Å². The van der Waals surface area contributed by atoms with Crippen LogP contribution in [0.5, 0.6) is 0 Å². The number of pyridine rings is 1. The molecule has 7 heteroatoms. The van der Waals surface area contributed by atoms with E-state index in [1.54, 1.807) is 24.7 Å². The summed E-state index contributed by atoms with van der Waals surface area (Å²) in [6, 6.07) is 11.1. The zero-order chi connectivity index (χ0) is 21.2. The highest BCUT2D eigenvalue weighted by molar-refractivity contribution is 5.84. The number of hydrogen-bond donors (Lipinski definition) is 1. The van der Waals surface area contributed by atoms with Crippen molar-refractivity contribution in [2.24, 2.45) is 7.05 Å². The highest BCUT2D eigenvalue weighted by atomic mass is 19.1. The fraction of sp³-hybridized carbons (Fsp3) is 0.292. The molecule has 0 radical (unpaired) electrons. The lowest BCUT2D eigenvalue weighted by atomic mass is 9.94. The molecule has 31 heavy (non-hydrogen) atoms. The number of nitrogens with one attached hydrogen (secondary N) is 1. The average molecular weight is 417 g/mol. The van der Waals surface area contributed by atoms with Gasteiger partial charge in [0, 0.05) is 61.2 Å². The van der Waals surface area contributed by atoms with Gasteiger partial charge in [-0.3, -0.25) is 9.88 Å². The smallest absolute Gasteiger partial charge is 0.150 e. The van der Waals surface area contributed by atoms with Gasteiger partial charge >= 0.3 is 0 Å². The molecule has 1 fully saturated rings. The number of anilines is 2. The zero-order valence-electron chi connectivity index (χ0n) is 17.5. The largest absolute Gasteiger partial charge is 0.350 e. The summed E-state index contributed by atoms with van der Waals surface area (Å²) >= 11 is 0. The van der Waals surface area contributed by atoms with Gasteiger partial charge in [0.05, 0.1) is 6.20 Å². The summed E-state index contributed by atoms with van der Waals surface area (Å²) in [5.41, 5.74) is 3.32. The van der Waals surface area contributed by atoms with Gasteiger partial charge in [0.15, 0.2) is 0 Å². The van der Waals surface area contributed by atoms with Crippen LogP contribution in [0.2, 0.25) is 0 Å². The Bertz CT molecular complexity index is 1190. The number of likely N-dealkylation sites (tertiary alicyclic amines) is 1. The number of piperidine rings is 1. The van der Waals surface area contributed by atoms with Gasteiger partial charge < -0.3 is 9.88 Å². The van der Waals surface area contributed by atoms with Crippen LogP contribution in [0.4, 0.5) is 16.0 Å². The second-order valence-corrected chi connectivity index (χ2v) is 8.16. The molecule has 158 valence electrons. The lowest BCUT2D eigenvalue weighted by Gasteiger charge is -2.32. The summed E-state index contributed by atoms with van der Waals surface area (Å²) < 4.78 is 15.9. The first-order chi connectivity index (χ1) is 15.2. The van der Waals surface area contributed by atoms with Gasteiger partial charge in [0.25, 0.3) is 0 Å². The molecular formula is C24H25FN6. The number of rotatable bonds is 5. The van der Waals surface area contributed by atoms with E-state index >= 15 is 0 Å². The predicted molar refractivity (Wildman–Crippen MR) is 120 cm³/mol. The predicted octanol–water partition coefficient (Wildman–Crippen LogP) is 4.63. The quantitative estimate of drug-likeness (QED) is 0.514. The van der Waals surface area contributed by atoms with Crippen LogP contribution in [0.25, 0.3) is 10.9 Å². The minimum atomic E-state index is -0.187. The van der Waals surface area contributed by atoms with Crippen molar-refractivity contribution < 1.29 is 4.39 Å². The maximum Gasteiger partial charge on any atom is 0.150 e. The van der Waals surface area contributed by atoms with E-state index < -0.39 is 0 Å². The van der Waals surface area contributed by atoms with Crippen molar-refractivity contribution in [1.82, 2.24) is 24.4 Å². The first kappa shape index (κ1) is 19.6. The summed E-state index contributed by atoms with van der Waals surface area (Å²) in [7, 11) is 2.02. The van der Waals surface area contributed by atoms with E-state index in [1.165, 1.54) is 11.6 Å². The number of nitrogens with zero attached hydrogens (tertiary/aromatic N) is 5. The van der Waals surface area contributed by atoms with E-state index in [1.807, 2.05) is 25.2 Å². The highest BCUT2D eigenvalue weighted by Gasteiger charge is 2.23. The molecule has 5 rings (SSSR count). The molecule has 1 N–H and O–H groups in total. The number of hydrogen-bond acceptors (Lipinski definition) is 5. The second-order valence-electron chi connectivity index (χ2n) is 8.16. The Morgan fingerprint density at radius 1 is 1.16 bits per heavy atom. The van der Waals surface area contributed by atoms with Crippen LogP contribution in [-0.4, -0.2) is 37.5 Å². The van der Waals surface area contributed by atoms with Gasteiger partial charge in [-0.1, -0.05) is 6.07 Å². The van der Waals surface area contributed by atoms with E-state index in [9.17, 15) is 4.39 Å². The van der Waals surface area contributed by atoms with Crippen LogP contribution in [0.3, 0.4) is 0 Å². The number of halogens is 1. The van der Waals surface area contributed by atoms with Crippen molar-refractivity contribution in [1.29, 1.82) is 0 Å². The van der Waals surface area contributed by atoms with Crippen LogP contribution in [-0.2, 0) is 13.6 Å². The minimum Gasteiger partial charge on any atom is -0.350 e. The van der Waals surface area contributed by atoms with Crippen molar-refractivity contribution in [3.63, 3.8) is 0 Å². The molecular weight excluding hydrogens is 391 g/mol. The zero-order valence-corrected chi connectivity index (χ0v) is 17.5. The maximum absolute atomic E-state index is 13.8. The van der Waals surface area contributed by atoms with Crippen molar-refractivity contribution in [3.8, 4) is 0 Å². The first-order valence-corrected chi connectivity index (χ1v) is 10.6. The molecule has 0 spiro atoms. The standard InChI is InChI=1S/C24H25FN6/c1-30-14-18(20-12-19(25)7-8-22(20)30)16-31-11-3-4-17(15-31)21-5-2-6-23(28-21)29-24-13-26-9-10-27-24/h2,5-10,12-14,17H,3-4,11,15-16H2,1H3,(H,27,28,29). The Morgan fingerprint density at radius 2 is 2.10 bits per heavy atom. The first-order valence-electron chi connectivity index (χ1n) is 10.6. The molecule has 0 bridgehead atoms. The van der Waals surface area contributed by atoms with Crippen molar-refractivity contribution in [3.05, 3.63) is 78.3 Å². The van der Waals surface area contributed by atoms with E-state index in [-0.39, 0.29) is 5.82 Å². The molecule has 4 aromatic rings. The van der Waals surface area contributed by atoms with E-state index in [0.29, 0.717) is 11.7 Å². The van der Waals surface area contributed by atoms with Gasteiger partial charge in [-0.2, -0.15) is 0 Å². The van der Waals surface area contributed by atoms with Crippen LogP contribution >= 0.6 is 0 Å². The molecule has 0 aliphatic carbocycles. The average Bonchev–Trinajstić information content (AvgIpc) is 3.09. The number of benzene rings is 1. The van der Waals surface area contributed by atoms with Crippen LogP contribution < -0.4 is 5.32 Å². The molecule has 1 aliphatic rings. The summed E-state index contributed by atoms with van der Waals surface area (Å²) in [5, 5.41) is 4.22. The number of fused-ring (bicyclic) bond motifs is 1. The third kappa shape index (κ3) is 4.27. The lowest BCUT2D eigenvalue weighted by Crippen LogP contribution is -2.34. The molecule has 4 heterocycles. The molecule has 1 saturated heterocycles. The molecule has 6 nitrogen and oxygen atoms in total. The Labute approximate surface area is 180 Å². The molecule has 3 aromatic heterocycles. The third-order valence-electron chi connectivity index (χ3n) is 5.94. The van der Waals surface area contributed by atoms with Gasteiger partial charge in [0.2, 0.25) is 0 Å². The van der Waals surface area contributed by atoms with Crippen LogP contribution in [0, 0.1) is 5.82 Å². The number of aryl methyl sites for hydroxylation is 1. The molecule has 1 aromatic carbocycles. The fourth-order valence-electron chi connectivity index (χ4n) is 4.50. The van der Waals surface area contributed by atoms with Gasteiger partial charge in [0.1, 0.15) is 17.5 Å². The molecule has 1 atom stereocenters. The Balaban J connectivity index is 1.32. The Hall–Kier alpha value is -3.32. The summed E-state index contributed by atoms with van der Waals surface area (Å²) in [4.78, 5) is 15.6. The van der Waals surface area contributed by atoms with Crippen molar-refractivity contribution in [2.45, 2.75) is 25.3 Å². The normalized spacial score (nSPS) is 17.2. The minimum absolute atomic E-state index is 0.187. The number of aromatic nitrogens is 4. The monoisotopic (exact) mass is 416 g/mol. The molecule has 0 amide bonds. The SMILES string of the molecule is Cn1cc(CN2CCCC(c3cccc(Nc4cnccn4)n3)C2)c2cc(F)ccc21. The molecule has 0 saturated carbocycles. The third-order valence-corrected chi connectivity index (χ3v) is 5.94. The summed E-state index contributed by atoms with van der Waals surface area (Å²) in [6.45, 7) is 2.79. The van der Waals surface area contributed by atoms with E-state index in [0.717, 1.165) is 54.9 Å². The van der Waals surface area contributed by atoms with Crippen molar-refractivity contribution in [2.75, 3.05) is 18.4 Å². The van der Waals surface area contributed by atoms with E-state index in [4.69, 9.17) is 4.98 Å². The fourth-order valence-corrected chi connectivity index (χ4v) is 4.50. The highest BCUT2D eigenvalue weighted by Crippen LogP contribution is 2.29. The Kier molecular flexibility index (Phi) is 5.34. The Morgan fingerprint density at radius 3 is 2.97 bits per heavy atom. The van der Waals surface area contributed by atoms with E-state index in [2.05, 4.69) is 37.0 Å². The van der Waals surface area contributed by atoms with Crippen LogP contribution in [0.15, 0.2) is 61.2 Å². The summed E-state index contributed by atoms with van der Waals surface area (Å²) in [5.74, 6) is 1.64. The second kappa shape index (κ2) is 8.43. The van der Waals surface area contributed by atoms with Crippen molar-refractivity contribution >= 4 is 22.5 Å². The molecule has 1 aliphatic heterocycles.